The Labute approximate surface area is 113 Å². The van der Waals surface area contributed by atoms with E-state index in [9.17, 15) is 0 Å². The van der Waals surface area contributed by atoms with E-state index in [4.69, 9.17) is 5.73 Å². The zero-order chi connectivity index (χ0) is 13.1. The molecule has 0 saturated carbocycles. The number of benzene rings is 2. The van der Waals surface area contributed by atoms with Gasteiger partial charge in [0.2, 0.25) is 0 Å². The predicted octanol–water partition coefficient (Wildman–Crippen LogP) is 3.19. The molecule has 0 saturated heterocycles. The Morgan fingerprint density at radius 2 is 1.74 bits per heavy atom. The Hall–Kier alpha value is -2.06. The molecule has 0 bridgehead atoms. The molecule has 3 aromatic rings. The molecule has 0 fully saturated rings. The minimum Gasteiger partial charge on any atom is -0.343 e. The third-order valence-corrected chi connectivity index (χ3v) is 3.48. The number of para-hydroxylation sites is 1. The molecule has 0 aliphatic rings. The largest absolute Gasteiger partial charge is 0.343 e. The second kappa shape index (κ2) is 5.29. The molecule has 3 rings (SSSR count). The molecule has 1 heterocycles. The van der Waals surface area contributed by atoms with Gasteiger partial charge in [0.15, 0.2) is 0 Å². The van der Waals surface area contributed by atoms with Crippen LogP contribution in [0.15, 0.2) is 60.8 Å². The van der Waals surface area contributed by atoms with Crippen LogP contribution in [0.1, 0.15) is 11.1 Å². The molecule has 96 valence electrons. The van der Waals surface area contributed by atoms with E-state index in [1.807, 2.05) is 0 Å². The fourth-order valence-corrected chi connectivity index (χ4v) is 2.61. The van der Waals surface area contributed by atoms with Crippen LogP contribution in [0.4, 0.5) is 0 Å². The highest BCUT2D eigenvalue weighted by Gasteiger charge is 2.06. The van der Waals surface area contributed by atoms with Crippen molar-refractivity contribution in [3.63, 3.8) is 0 Å². The van der Waals surface area contributed by atoms with E-state index in [-0.39, 0.29) is 0 Å². The monoisotopic (exact) mass is 250 g/mol. The van der Waals surface area contributed by atoms with Crippen molar-refractivity contribution in [1.82, 2.24) is 4.57 Å². The molecule has 0 radical (unpaired) electrons. The number of hydrogen-bond acceptors (Lipinski definition) is 1. The minimum atomic E-state index is 0.690. The van der Waals surface area contributed by atoms with Crippen LogP contribution in [0.3, 0.4) is 0 Å². The lowest BCUT2D eigenvalue weighted by Gasteiger charge is -2.09. The van der Waals surface area contributed by atoms with Crippen LogP contribution >= 0.6 is 0 Å². The standard InChI is InChI=1S/C17H18N2/c18-11-9-15-7-4-8-16-10-12-19(17(15)16)13-14-5-2-1-3-6-14/h1-8,10,12H,9,11,13,18H2. The van der Waals surface area contributed by atoms with Crippen molar-refractivity contribution in [2.45, 2.75) is 13.0 Å². The maximum atomic E-state index is 5.71. The SMILES string of the molecule is NCCc1cccc2ccn(Cc3ccccc3)c12. The first-order valence-corrected chi connectivity index (χ1v) is 6.69. The lowest BCUT2D eigenvalue weighted by atomic mass is 10.1. The molecule has 2 nitrogen and oxygen atoms in total. The highest BCUT2D eigenvalue weighted by molar-refractivity contribution is 5.83. The summed E-state index contributed by atoms with van der Waals surface area (Å²) in [6.07, 6.45) is 3.09. The molecule has 1 aromatic heterocycles. The van der Waals surface area contributed by atoms with E-state index >= 15 is 0 Å². The fourth-order valence-electron chi connectivity index (χ4n) is 2.61. The summed E-state index contributed by atoms with van der Waals surface area (Å²) in [5.74, 6) is 0. The van der Waals surface area contributed by atoms with E-state index in [0.29, 0.717) is 6.54 Å². The van der Waals surface area contributed by atoms with Gasteiger partial charge in [0.25, 0.3) is 0 Å². The van der Waals surface area contributed by atoms with E-state index in [1.165, 1.54) is 22.0 Å². The number of fused-ring (bicyclic) bond motifs is 1. The quantitative estimate of drug-likeness (QED) is 0.757. The van der Waals surface area contributed by atoms with Gasteiger partial charge in [0, 0.05) is 12.7 Å². The molecule has 0 aliphatic carbocycles. The summed E-state index contributed by atoms with van der Waals surface area (Å²) in [5, 5.41) is 1.29. The second-order valence-electron chi connectivity index (χ2n) is 4.82. The maximum absolute atomic E-state index is 5.71. The first kappa shape index (κ1) is 12.0. The van der Waals surface area contributed by atoms with Gasteiger partial charge in [-0.3, -0.25) is 0 Å². The van der Waals surface area contributed by atoms with Gasteiger partial charge in [-0.25, -0.2) is 0 Å². The van der Waals surface area contributed by atoms with Crippen molar-refractivity contribution in [1.29, 1.82) is 0 Å². The molecule has 2 heteroatoms. The van der Waals surface area contributed by atoms with Crippen molar-refractivity contribution in [2.24, 2.45) is 5.73 Å². The molecule has 2 N–H and O–H groups in total. The van der Waals surface area contributed by atoms with Gasteiger partial charge in [-0.2, -0.15) is 0 Å². The Morgan fingerprint density at radius 3 is 2.53 bits per heavy atom. The molecular weight excluding hydrogens is 232 g/mol. The molecule has 0 unspecified atom stereocenters. The summed E-state index contributed by atoms with van der Waals surface area (Å²) in [5.41, 5.74) is 9.69. The van der Waals surface area contributed by atoms with Crippen LogP contribution in [0, 0.1) is 0 Å². The normalized spacial score (nSPS) is 11.0. The van der Waals surface area contributed by atoms with Crippen LogP contribution in [0.25, 0.3) is 10.9 Å². The number of nitrogens with zero attached hydrogens (tertiary/aromatic N) is 1. The molecule has 19 heavy (non-hydrogen) atoms. The summed E-state index contributed by atoms with van der Waals surface area (Å²) in [7, 11) is 0. The van der Waals surface area contributed by atoms with Crippen LogP contribution in [0.2, 0.25) is 0 Å². The smallest absolute Gasteiger partial charge is 0.0516 e. The van der Waals surface area contributed by atoms with E-state index in [1.54, 1.807) is 0 Å². The predicted molar refractivity (Wildman–Crippen MR) is 80.2 cm³/mol. The summed E-state index contributed by atoms with van der Waals surface area (Å²) >= 11 is 0. The Bertz CT molecular complexity index is 668. The van der Waals surface area contributed by atoms with Gasteiger partial charge in [-0.05, 0) is 35.5 Å². The summed E-state index contributed by atoms with van der Waals surface area (Å²) in [4.78, 5) is 0. The van der Waals surface area contributed by atoms with Gasteiger partial charge in [0.1, 0.15) is 0 Å². The van der Waals surface area contributed by atoms with Crippen molar-refractivity contribution in [2.75, 3.05) is 6.54 Å². The van der Waals surface area contributed by atoms with E-state index in [0.717, 1.165) is 13.0 Å². The number of aromatic nitrogens is 1. The van der Waals surface area contributed by atoms with Crippen LogP contribution in [-0.2, 0) is 13.0 Å². The third kappa shape index (κ3) is 2.40. The van der Waals surface area contributed by atoms with Gasteiger partial charge in [-0.1, -0.05) is 48.5 Å². The van der Waals surface area contributed by atoms with Crippen molar-refractivity contribution < 1.29 is 0 Å². The third-order valence-electron chi connectivity index (χ3n) is 3.48. The molecule has 0 amide bonds. The second-order valence-corrected chi connectivity index (χ2v) is 4.82. The zero-order valence-electron chi connectivity index (χ0n) is 10.9. The number of hydrogen-bond donors (Lipinski definition) is 1. The van der Waals surface area contributed by atoms with Crippen molar-refractivity contribution in [3.05, 3.63) is 71.9 Å². The minimum absolute atomic E-state index is 0.690. The van der Waals surface area contributed by atoms with Gasteiger partial charge in [0.05, 0.1) is 5.52 Å². The van der Waals surface area contributed by atoms with Gasteiger partial charge < -0.3 is 10.3 Å². The molecule has 0 atom stereocenters. The summed E-state index contributed by atoms with van der Waals surface area (Å²) in [6.45, 7) is 1.60. The topological polar surface area (TPSA) is 30.9 Å². The maximum Gasteiger partial charge on any atom is 0.0516 e. The zero-order valence-corrected chi connectivity index (χ0v) is 10.9. The van der Waals surface area contributed by atoms with Crippen LogP contribution < -0.4 is 5.73 Å². The lowest BCUT2D eigenvalue weighted by molar-refractivity contribution is 0.828. The highest BCUT2D eigenvalue weighted by atomic mass is 15.0. The summed E-state index contributed by atoms with van der Waals surface area (Å²) in [6, 6.07) is 19.2. The van der Waals surface area contributed by atoms with E-state index < -0.39 is 0 Å². The van der Waals surface area contributed by atoms with Crippen LogP contribution in [0.5, 0.6) is 0 Å². The molecule has 0 aliphatic heterocycles. The fraction of sp³-hybridized carbons (Fsp3) is 0.176. The van der Waals surface area contributed by atoms with E-state index in [2.05, 4.69) is 65.4 Å². The summed E-state index contributed by atoms with van der Waals surface area (Å²) < 4.78 is 2.32. The lowest BCUT2D eigenvalue weighted by Crippen LogP contribution is -2.05. The average Bonchev–Trinajstić information content (AvgIpc) is 2.85. The Morgan fingerprint density at radius 1 is 0.895 bits per heavy atom. The Kier molecular flexibility index (Phi) is 3.34. The van der Waals surface area contributed by atoms with Crippen molar-refractivity contribution >= 4 is 10.9 Å². The number of nitrogens with two attached hydrogens (primary N) is 1. The first-order chi connectivity index (χ1) is 9.38. The number of rotatable bonds is 4. The Balaban J connectivity index is 2.04. The molecule has 0 spiro atoms. The van der Waals surface area contributed by atoms with Gasteiger partial charge >= 0.3 is 0 Å². The molecular formula is C17H18N2. The van der Waals surface area contributed by atoms with Crippen LogP contribution in [-0.4, -0.2) is 11.1 Å². The average molecular weight is 250 g/mol. The first-order valence-electron chi connectivity index (χ1n) is 6.69. The molecule has 2 aromatic carbocycles. The highest BCUT2D eigenvalue weighted by Crippen LogP contribution is 2.21. The van der Waals surface area contributed by atoms with Gasteiger partial charge in [-0.15, -0.1) is 0 Å². The van der Waals surface area contributed by atoms with Crippen molar-refractivity contribution in [3.8, 4) is 0 Å².